The van der Waals surface area contributed by atoms with Crippen LogP contribution in [0.1, 0.15) is 24.8 Å². The third kappa shape index (κ3) is 2.99. The van der Waals surface area contributed by atoms with Gasteiger partial charge in [0.05, 0.1) is 11.8 Å². The molecule has 5 nitrogen and oxygen atoms in total. The van der Waals surface area contributed by atoms with Gasteiger partial charge < -0.3 is 5.32 Å². The predicted octanol–water partition coefficient (Wildman–Crippen LogP) is 2.21. The number of hydrogen-bond donors (Lipinski definition) is 1. The van der Waals surface area contributed by atoms with E-state index < -0.39 is 11.0 Å². The molecule has 120 valence electrons. The van der Waals surface area contributed by atoms with Crippen molar-refractivity contribution in [3.63, 3.8) is 0 Å². The third-order valence-electron chi connectivity index (χ3n) is 4.36. The van der Waals surface area contributed by atoms with Gasteiger partial charge in [0.1, 0.15) is 0 Å². The van der Waals surface area contributed by atoms with Crippen molar-refractivity contribution in [3.8, 4) is 6.07 Å². The minimum absolute atomic E-state index is 0.263. The fourth-order valence-corrected chi connectivity index (χ4v) is 3.98. The van der Waals surface area contributed by atoms with Gasteiger partial charge in [0.2, 0.25) is 11.0 Å². The van der Waals surface area contributed by atoms with Gasteiger partial charge >= 0.3 is 0 Å². The second kappa shape index (κ2) is 6.73. The Bertz CT molecular complexity index is 648. The Kier molecular flexibility index (Phi) is 4.69. The molecule has 0 spiro atoms. The lowest BCUT2D eigenvalue weighted by Crippen LogP contribution is -2.63. The van der Waals surface area contributed by atoms with E-state index in [1.807, 2.05) is 36.6 Å². The molecule has 0 radical (unpaired) electrons. The molecule has 0 aliphatic carbocycles. The van der Waals surface area contributed by atoms with Crippen LogP contribution in [0.5, 0.6) is 0 Å². The lowest BCUT2D eigenvalue weighted by atomic mass is 9.95. The Balaban J connectivity index is 2.07. The summed E-state index contributed by atoms with van der Waals surface area (Å²) in [6.45, 7) is 1.81. The zero-order chi connectivity index (χ0) is 16.3. The molecule has 1 amide bonds. The first kappa shape index (κ1) is 16.0. The average Bonchev–Trinajstić information content (AvgIpc) is 2.62. The van der Waals surface area contributed by atoms with E-state index in [1.165, 1.54) is 18.2 Å². The van der Waals surface area contributed by atoms with Crippen LogP contribution in [0.4, 0.5) is 0 Å². The number of hydrogen-bond acceptors (Lipinski definition) is 5. The van der Waals surface area contributed by atoms with Gasteiger partial charge in [0, 0.05) is 13.1 Å². The minimum atomic E-state index is -0.859. The smallest absolute Gasteiger partial charge is 0.247 e. The van der Waals surface area contributed by atoms with Crippen LogP contribution in [0, 0.1) is 17.2 Å². The lowest BCUT2D eigenvalue weighted by Gasteiger charge is -2.44. The molecule has 0 bridgehead atoms. The second-order valence-corrected chi connectivity index (χ2v) is 6.75. The highest BCUT2D eigenvalue weighted by Crippen LogP contribution is 2.34. The molecule has 0 saturated carbocycles. The summed E-state index contributed by atoms with van der Waals surface area (Å²) in [5.41, 5.74) is 1.40. The number of nitrogens with one attached hydrogen (secondary N) is 1. The molecule has 1 aromatic rings. The summed E-state index contributed by atoms with van der Waals surface area (Å²) in [5.74, 6) is -1.12. The SMILES string of the molecule is CS[C@@]1(N2CCCCC2)N=C(c2ccccc2)C(C#N)C(=O)N1. The van der Waals surface area contributed by atoms with Gasteiger partial charge in [-0.2, -0.15) is 5.26 Å². The van der Waals surface area contributed by atoms with Gasteiger partial charge in [-0.15, -0.1) is 0 Å². The number of carbonyl (C=O) groups excluding carboxylic acids is 1. The van der Waals surface area contributed by atoms with Crippen molar-refractivity contribution >= 4 is 23.4 Å². The maximum atomic E-state index is 12.6. The molecule has 2 heterocycles. The number of aliphatic imine (C=N–C) groups is 1. The van der Waals surface area contributed by atoms with Gasteiger partial charge in [-0.3, -0.25) is 9.69 Å². The van der Waals surface area contributed by atoms with Crippen molar-refractivity contribution in [2.75, 3.05) is 19.3 Å². The first-order valence-corrected chi connectivity index (χ1v) is 9.09. The molecule has 3 rings (SSSR count). The van der Waals surface area contributed by atoms with Crippen molar-refractivity contribution in [3.05, 3.63) is 35.9 Å². The monoisotopic (exact) mass is 328 g/mol. The van der Waals surface area contributed by atoms with Crippen LogP contribution in [0.15, 0.2) is 35.3 Å². The van der Waals surface area contributed by atoms with Crippen LogP contribution >= 0.6 is 11.8 Å². The molecule has 1 unspecified atom stereocenters. The summed E-state index contributed by atoms with van der Waals surface area (Å²) >= 11 is 1.51. The molecule has 6 heteroatoms. The standard InChI is InChI=1S/C17H20N4OS/c1-23-17(21-10-6-3-7-11-21)19-15(13-8-4-2-5-9-13)14(12-18)16(22)20-17/h2,4-5,8-9,14H,3,6-7,10-11H2,1H3,(H,20,22)/t14?,17-/m0/s1. The Morgan fingerprint density at radius 2 is 2.00 bits per heavy atom. The Morgan fingerprint density at radius 1 is 1.30 bits per heavy atom. The number of nitriles is 1. The van der Waals surface area contributed by atoms with Crippen LogP contribution < -0.4 is 5.32 Å². The number of amides is 1. The number of thioether (sulfide) groups is 1. The van der Waals surface area contributed by atoms with Gasteiger partial charge in [-0.1, -0.05) is 48.5 Å². The normalized spacial score (nSPS) is 28.6. The fraction of sp³-hybridized carbons (Fsp3) is 0.471. The maximum Gasteiger partial charge on any atom is 0.247 e. The van der Waals surface area contributed by atoms with E-state index in [1.54, 1.807) is 0 Å². The largest absolute Gasteiger partial charge is 0.309 e. The van der Waals surface area contributed by atoms with E-state index in [0.29, 0.717) is 5.71 Å². The zero-order valence-corrected chi connectivity index (χ0v) is 14.0. The van der Waals surface area contributed by atoms with Crippen molar-refractivity contribution in [1.82, 2.24) is 10.2 Å². The van der Waals surface area contributed by atoms with Crippen LogP contribution in [0.25, 0.3) is 0 Å². The highest BCUT2D eigenvalue weighted by atomic mass is 32.2. The number of likely N-dealkylation sites (tertiary alicyclic amines) is 1. The van der Waals surface area contributed by atoms with E-state index in [9.17, 15) is 10.1 Å². The van der Waals surface area contributed by atoms with Crippen molar-refractivity contribution in [2.24, 2.45) is 10.9 Å². The topological polar surface area (TPSA) is 68.5 Å². The molecule has 1 aromatic carbocycles. The molecule has 2 atom stereocenters. The molecule has 23 heavy (non-hydrogen) atoms. The predicted molar refractivity (Wildman–Crippen MR) is 91.9 cm³/mol. The van der Waals surface area contributed by atoms with Crippen molar-refractivity contribution in [2.45, 2.75) is 24.4 Å². The molecule has 1 N–H and O–H groups in total. The molecule has 1 fully saturated rings. The number of nitrogens with zero attached hydrogens (tertiary/aromatic N) is 3. The van der Waals surface area contributed by atoms with Gasteiger partial charge in [0.25, 0.3) is 0 Å². The Morgan fingerprint density at radius 3 is 2.61 bits per heavy atom. The molecule has 2 aliphatic rings. The number of rotatable bonds is 3. The van der Waals surface area contributed by atoms with Gasteiger partial charge in [0.15, 0.2) is 5.92 Å². The minimum Gasteiger partial charge on any atom is -0.309 e. The summed E-state index contributed by atoms with van der Waals surface area (Å²) < 4.78 is 0. The second-order valence-electron chi connectivity index (χ2n) is 5.77. The average molecular weight is 328 g/mol. The van der Waals surface area contributed by atoms with E-state index in [0.717, 1.165) is 31.5 Å². The third-order valence-corrected chi connectivity index (χ3v) is 5.38. The molecule has 1 saturated heterocycles. The quantitative estimate of drug-likeness (QED) is 0.923. The van der Waals surface area contributed by atoms with Crippen molar-refractivity contribution < 1.29 is 4.79 Å². The van der Waals surface area contributed by atoms with Gasteiger partial charge in [-0.05, 0) is 24.7 Å². The summed E-state index contributed by atoms with van der Waals surface area (Å²) in [5, 5.41) is 11.6. The summed E-state index contributed by atoms with van der Waals surface area (Å²) in [7, 11) is 0. The highest BCUT2D eigenvalue weighted by molar-refractivity contribution is 7.99. The van der Waals surface area contributed by atoms with E-state index in [4.69, 9.17) is 4.99 Å². The molecular weight excluding hydrogens is 308 g/mol. The number of carbonyl (C=O) groups is 1. The van der Waals surface area contributed by atoms with E-state index in [2.05, 4.69) is 16.3 Å². The highest BCUT2D eigenvalue weighted by Gasteiger charge is 2.45. The molecule has 0 aromatic heterocycles. The summed E-state index contributed by atoms with van der Waals surface area (Å²) in [6.07, 6.45) is 5.38. The lowest BCUT2D eigenvalue weighted by molar-refractivity contribution is -0.125. The van der Waals surface area contributed by atoms with Crippen molar-refractivity contribution in [1.29, 1.82) is 5.26 Å². The van der Waals surface area contributed by atoms with Gasteiger partial charge in [-0.25, -0.2) is 4.99 Å². The maximum absolute atomic E-state index is 12.6. The fourth-order valence-electron chi connectivity index (χ4n) is 3.15. The molecule has 2 aliphatic heterocycles. The molecular formula is C17H20N4OS. The Labute approximate surface area is 140 Å². The summed E-state index contributed by atoms with van der Waals surface area (Å²) in [4.78, 5) is 19.7. The number of piperidine rings is 1. The van der Waals surface area contributed by atoms with E-state index in [-0.39, 0.29) is 5.91 Å². The van der Waals surface area contributed by atoms with Crippen LogP contribution in [-0.4, -0.2) is 41.0 Å². The van der Waals surface area contributed by atoms with Crippen LogP contribution in [0.3, 0.4) is 0 Å². The Hall–Kier alpha value is -1.84. The zero-order valence-electron chi connectivity index (χ0n) is 13.2. The first-order chi connectivity index (χ1) is 11.2. The first-order valence-electron chi connectivity index (χ1n) is 7.87. The van der Waals surface area contributed by atoms with Crippen LogP contribution in [-0.2, 0) is 4.79 Å². The van der Waals surface area contributed by atoms with Crippen LogP contribution in [0.2, 0.25) is 0 Å². The summed E-state index contributed by atoms with van der Waals surface area (Å²) in [6, 6.07) is 11.6. The number of benzene rings is 1. The van der Waals surface area contributed by atoms with E-state index >= 15 is 0 Å².